The van der Waals surface area contributed by atoms with E-state index in [1.54, 1.807) is 0 Å². The number of aromatic hydroxyl groups is 1. The molecule has 1 atom stereocenters. The number of para-hydroxylation sites is 1. The Labute approximate surface area is 96.3 Å². The molecule has 0 unspecified atom stereocenters. The molecule has 0 saturated carbocycles. The van der Waals surface area contributed by atoms with Gasteiger partial charge in [-0.05, 0) is 12.5 Å². The Bertz CT molecular complexity index is 404. The molecule has 3 nitrogen and oxygen atoms in total. The Morgan fingerprint density at radius 1 is 1.47 bits per heavy atom. The molecule has 1 aromatic rings. The third-order valence-corrected chi connectivity index (χ3v) is 2.08. The van der Waals surface area contributed by atoms with Crippen LogP contribution in [0, 0.1) is 0 Å². The summed E-state index contributed by atoms with van der Waals surface area (Å²) in [6.07, 6.45) is -3.00. The van der Waals surface area contributed by atoms with Crippen LogP contribution in [0.2, 0.25) is 0 Å². The van der Waals surface area contributed by atoms with Gasteiger partial charge in [0.15, 0.2) is 11.5 Å². The van der Waals surface area contributed by atoms with Gasteiger partial charge in [0.25, 0.3) is 0 Å². The zero-order valence-corrected chi connectivity index (χ0v) is 8.87. The van der Waals surface area contributed by atoms with Crippen molar-refractivity contribution in [2.75, 3.05) is 0 Å². The molecule has 0 radical (unpaired) electrons. The van der Waals surface area contributed by atoms with Gasteiger partial charge in [0.1, 0.15) is 0 Å². The highest BCUT2D eigenvalue weighted by atomic mass is 19.4. The first-order valence-corrected chi connectivity index (χ1v) is 4.79. The number of benzene rings is 1. The molecule has 0 aliphatic rings. The zero-order chi connectivity index (χ0) is 13.1. The molecule has 0 amide bonds. The fourth-order valence-corrected chi connectivity index (χ4v) is 1.35. The number of rotatable bonds is 4. The predicted molar refractivity (Wildman–Crippen MR) is 56.5 cm³/mol. The van der Waals surface area contributed by atoms with Gasteiger partial charge in [-0.25, -0.2) is 0 Å². The van der Waals surface area contributed by atoms with E-state index in [2.05, 4.69) is 11.3 Å². The first kappa shape index (κ1) is 13.4. The van der Waals surface area contributed by atoms with Crippen LogP contribution in [-0.2, 0) is 0 Å². The van der Waals surface area contributed by atoms with Crippen LogP contribution in [0.5, 0.6) is 11.5 Å². The molecule has 17 heavy (non-hydrogen) atoms. The molecular formula is C11H12F3NO2. The first-order valence-electron chi connectivity index (χ1n) is 4.79. The number of hydrogen-bond acceptors (Lipinski definition) is 3. The summed E-state index contributed by atoms with van der Waals surface area (Å²) < 4.78 is 39.7. The predicted octanol–water partition coefficient (Wildman–Crippen LogP) is 2.87. The lowest BCUT2D eigenvalue weighted by molar-refractivity contribution is -0.275. The molecule has 0 fully saturated rings. The van der Waals surface area contributed by atoms with Crippen molar-refractivity contribution >= 4 is 0 Å². The molecular weight excluding hydrogens is 235 g/mol. The van der Waals surface area contributed by atoms with Crippen molar-refractivity contribution in [3.8, 4) is 11.5 Å². The highest BCUT2D eigenvalue weighted by molar-refractivity contribution is 5.47. The molecule has 0 aliphatic heterocycles. The Morgan fingerprint density at radius 3 is 2.65 bits per heavy atom. The van der Waals surface area contributed by atoms with Crippen LogP contribution < -0.4 is 10.5 Å². The molecule has 0 spiro atoms. The highest BCUT2D eigenvalue weighted by Crippen LogP contribution is 2.36. The Morgan fingerprint density at radius 2 is 2.12 bits per heavy atom. The van der Waals surface area contributed by atoms with Crippen LogP contribution >= 0.6 is 0 Å². The van der Waals surface area contributed by atoms with Gasteiger partial charge in [0.05, 0.1) is 0 Å². The van der Waals surface area contributed by atoms with Crippen LogP contribution in [0.4, 0.5) is 13.2 Å². The minimum Gasteiger partial charge on any atom is -0.504 e. The average molecular weight is 247 g/mol. The molecule has 1 aromatic carbocycles. The SMILES string of the molecule is C=CC[C@@H](N)c1cccc(OC(F)(F)F)c1O. The average Bonchev–Trinajstić information content (AvgIpc) is 2.19. The van der Waals surface area contributed by atoms with Gasteiger partial charge < -0.3 is 15.6 Å². The van der Waals surface area contributed by atoms with E-state index in [0.29, 0.717) is 6.42 Å². The Balaban J connectivity index is 3.02. The number of phenols is 1. The first-order chi connectivity index (χ1) is 7.85. The van der Waals surface area contributed by atoms with Crippen molar-refractivity contribution in [2.24, 2.45) is 5.73 Å². The second-order valence-electron chi connectivity index (χ2n) is 3.37. The fourth-order valence-electron chi connectivity index (χ4n) is 1.35. The van der Waals surface area contributed by atoms with Gasteiger partial charge in [0, 0.05) is 11.6 Å². The number of nitrogens with two attached hydrogens (primary N) is 1. The minimum atomic E-state index is -4.85. The maximum absolute atomic E-state index is 12.0. The smallest absolute Gasteiger partial charge is 0.504 e. The van der Waals surface area contributed by atoms with E-state index < -0.39 is 23.9 Å². The second-order valence-corrected chi connectivity index (χ2v) is 3.37. The largest absolute Gasteiger partial charge is 0.573 e. The summed E-state index contributed by atoms with van der Waals surface area (Å²) in [4.78, 5) is 0. The van der Waals surface area contributed by atoms with Crippen LogP contribution in [0.25, 0.3) is 0 Å². The number of ether oxygens (including phenoxy) is 1. The monoisotopic (exact) mass is 247 g/mol. The summed E-state index contributed by atoms with van der Waals surface area (Å²) in [5.41, 5.74) is 5.86. The van der Waals surface area contributed by atoms with E-state index in [0.717, 1.165) is 6.07 Å². The Hall–Kier alpha value is -1.69. The van der Waals surface area contributed by atoms with Crippen molar-refractivity contribution in [1.29, 1.82) is 0 Å². The van der Waals surface area contributed by atoms with Crippen LogP contribution in [0.15, 0.2) is 30.9 Å². The van der Waals surface area contributed by atoms with Gasteiger partial charge in [-0.2, -0.15) is 0 Å². The van der Waals surface area contributed by atoms with Gasteiger partial charge in [0.2, 0.25) is 0 Å². The van der Waals surface area contributed by atoms with Crippen LogP contribution in [0.1, 0.15) is 18.0 Å². The van der Waals surface area contributed by atoms with E-state index in [4.69, 9.17) is 5.73 Å². The van der Waals surface area contributed by atoms with Crippen molar-refractivity contribution < 1.29 is 23.0 Å². The zero-order valence-electron chi connectivity index (χ0n) is 8.87. The van der Waals surface area contributed by atoms with Crippen molar-refractivity contribution in [3.05, 3.63) is 36.4 Å². The Kier molecular flexibility index (Phi) is 4.01. The summed E-state index contributed by atoms with van der Waals surface area (Å²) in [5.74, 6) is -1.26. The van der Waals surface area contributed by atoms with Crippen LogP contribution in [-0.4, -0.2) is 11.5 Å². The normalized spacial score (nSPS) is 13.2. The molecule has 3 N–H and O–H groups in total. The molecule has 0 aromatic heterocycles. The minimum absolute atomic E-state index is 0.187. The van der Waals surface area contributed by atoms with E-state index in [1.807, 2.05) is 0 Å². The molecule has 0 heterocycles. The molecule has 94 valence electrons. The summed E-state index contributed by atoms with van der Waals surface area (Å²) >= 11 is 0. The lowest BCUT2D eigenvalue weighted by Crippen LogP contribution is -2.18. The third kappa shape index (κ3) is 3.67. The molecule has 0 bridgehead atoms. The van der Waals surface area contributed by atoms with Gasteiger partial charge >= 0.3 is 6.36 Å². The summed E-state index contributed by atoms with van der Waals surface area (Å²) in [6.45, 7) is 3.46. The fraction of sp³-hybridized carbons (Fsp3) is 0.273. The van der Waals surface area contributed by atoms with Gasteiger partial charge in [-0.3, -0.25) is 0 Å². The lowest BCUT2D eigenvalue weighted by Gasteiger charge is -2.15. The molecule has 1 rings (SSSR count). The highest BCUT2D eigenvalue weighted by Gasteiger charge is 2.32. The number of alkyl halides is 3. The summed E-state index contributed by atoms with van der Waals surface area (Å²) in [7, 11) is 0. The molecule has 6 heteroatoms. The van der Waals surface area contributed by atoms with Crippen molar-refractivity contribution in [1.82, 2.24) is 0 Å². The van der Waals surface area contributed by atoms with Crippen molar-refractivity contribution in [2.45, 2.75) is 18.8 Å². The lowest BCUT2D eigenvalue weighted by atomic mass is 10.0. The summed E-state index contributed by atoms with van der Waals surface area (Å²) in [5, 5.41) is 9.61. The molecule has 0 aliphatic carbocycles. The van der Waals surface area contributed by atoms with E-state index in [1.165, 1.54) is 18.2 Å². The van der Waals surface area contributed by atoms with E-state index in [9.17, 15) is 18.3 Å². The quantitative estimate of drug-likeness (QED) is 0.804. The summed E-state index contributed by atoms with van der Waals surface area (Å²) in [6, 6.07) is 3.17. The topological polar surface area (TPSA) is 55.5 Å². The van der Waals surface area contributed by atoms with Gasteiger partial charge in [-0.1, -0.05) is 18.2 Å². The number of phenolic OH excluding ortho intramolecular Hbond substituents is 1. The number of hydrogen-bond donors (Lipinski definition) is 2. The maximum Gasteiger partial charge on any atom is 0.573 e. The maximum atomic E-state index is 12.0. The van der Waals surface area contributed by atoms with Crippen LogP contribution in [0.3, 0.4) is 0 Å². The van der Waals surface area contributed by atoms with Gasteiger partial charge in [-0.15, -0.1) is 19.8 Å². The number of halogens is 3. The van der Waals surface area contributed by atoms with E-state index in [-0.39, 0.29) is 5.56 Å². The second kappa shape index (κ2) is 5.09. The molecule has 0 saturated heterocycles. The third-order valence-electron chi connectivity index (χ3n) is 2.08. The van der Waals surface area contributed by atoms with Crippen molar-refractivity contribution in [3.63, 3.8) is 0 Å². The van der Waals surface area contributed by atoms with E-state index >= 15 is 0 Å². The standard InChI is InChI=1S/C11H12F3NO2/c1-2-4-8(15)7-5-3-6-9(10(7)16)17-11(12,13)14/h2-3,5-6,8,16H,1,4,15H2/t8-/m1/s1.